The van der Waals surface area contributed by atoms with Gasteiger partial charge in [0.2, 0.25) is 0 Å². The number of aromatic nitrogens is 1. The molecule has 2 aromatic rings. The summed E-state index contributed by atoms with van der Waals surface area (Å²) in [7, 11) is 0. The molecule has 98 valence electrons. The number of fused-ring (bicyclic) bond motifs is 4. The van der Waals surface area contributed by atoms with Crippen LogP contribution in [0.15, 0.2) is 60.4 Å². The molecule has 2 aliphatic rings. The highest BCUT2D eigenvalue weighted by Crippen LogP contribution is 2.37. The van der Waals surface area contributed by atoms with Crippen LogP contribution < -0.4 is 9.29 Å². The first kappa shape index (κ1) is 11.4. The molecule has 0 bridgehead atoms. The summed E-state index contributed by atoms with van der Waals surface area (Å²) in [4.78, 5) is 1.14. The maximum atomic E-state index is 14.9. The molecular formula is C15H11BF2N2. The highest BCUT2D eigenvalue weighted by molar-refractivity contribution is 6.63. The smallest absolute Gasteiger partial charge is 0.390 e. The van der Waals surface area contributed by atoms with E-state index < -0.39 is 6.97 Å². The maximum absolute atomic E-state index is 14.9. The van der Waals surface area contributed by atoms with Gasteiger partial charge in [-0.2, -0.15) is 0 Å². The Morgan fingerprint density at radius 3 is 2.65 bits per heavy atom. The van der Waals surface area contributed by atoms with Crippen LogP contribution in [0.4, 0.5) is 14.3 Å². The number of pyridine rings is 1. The summed E-state index contributed by atoms with van der Waals surface area (Å²) in [6.07, 6.45) is 6.84. The number of halogens is 2. The van der Waals surface area contributed by atoms with Gasteiger partial charge in [-0.1, -0.05) is 30.3 Å². The first-order valence-corrected chi connectivity index (χ1v) is 6.49. The van der Waals surface area contributed by atoms with Crippen LogP contribution in [0.3, 0.4) is 0 Å². The fraction of sp³-hybridized carbons (Fsp3) is 0. The van der Waals surface area contributed by atoms with Gasteiger partial charge < -0.3 is 17.9 Å². The molecule has 1 aromatic carbocycles. The molecule has 0 aliphatic carbocycles. The largest absolute Gasteiger partial charge is 0.737 e. The standard InChI is InChI=1S/C15H11BF2N2/c17-16(18)19-10-4-3-6-13(19)11-14-9-8-12-5-1-2-7-15(12)20(14)16/h1-11H. The van der Waals surface area contributed by atoms with Crippen LogP contribution in [0.5, 0.6) is 0 Å². The summed E-state index contributed by atoms with van der Waals surface area (Å²) in [6, 6.07) is 12.3. The lowest BCUT2D eigenvalue weighted by molar-refractivity contribution is -0.569. The Balaban J connectivity index is 2.01. The van der Waals surface area contributed by atoms with E-state index in [1.807, 2.05) is 18.2 Å². The van der Waals surface area contributed by atoms with Gasteiger partial charge in [0.1, 0.15) is 6.20 Å². The minimum absolute atomic E-state index is 0.521. The number of allylic oxidation sites excluding steroid dienone is 1. The monoisotopic (exact) mass is 268 g/mol. The molecule has 0 radical (unpaired) electrons. The summed E-state index contributed by atoms with van der Waals surface area (Å²) < 4.78 is 30.8. The molecule has 0 unspecified atom stereocenters. The van der Waals surface area contributed by atoms with Gasteiger partial charge in [0.25, 0.3) is 0 Å². The van der Waals surface area contributed by atoms with Crippen molar-refractivity contribution in [3.05, 3.63) is 71.7 Å². The fourth-order valence-corrected chi connectivity index (χ4v) is 2.86. The number of nitrogens with zero attached hydrogens (tertiary/aromatic N) is 2. The lowest BCUT2D eigenvalue weighted by Gasteiger charge is -2.41. The van der Waals surface area contributed by atoms with Crippen LogP contribution in [0.2, 0.25) is 0 Å². The lowest BCUT2D eigenvalue weighted by atomic mass is 9.84. The maximum Gasteiger partial charge on any atom is 0.737 e. The normalized spacial score (nSPS) is 17.9. The summed E-state index contributed by atoms with van der Waals surface area (Å²) >= 11 is 0. The van der Waals surface area contributed by atoms with E-state index in [0.717, 1.165) is 14.9 Å². The molecule has 20 heavy (non-hydrogen) atoms. The molecule has 3 heterocycles. The second kappa shape index (κ2) is 3.79. The number of para-hydroxylation sites is 1. The van der Waals surface area contributed by atoms with E-state index in [1.165, 1.54) is 6.20 Å². The minimum Gasteiger partial charge on any atom is -0.390 e. The SMILES string of the molecule is F[B-]1(F)N2C(=Cc3cccc[n+]31)C=Cc1ccccc12. The van der Waals surface area contributed by atoms with E-state index in [0.29, 0.717) is 17.1 Å². The topological polar surface area (TPSA) is 7.12 Å². The average molecular weight is 268 g/mol. The van der Waals surface area contributed by atoms with E-state index in [2.05, 4.69) is 0 Å². The predicted molar refractivity (Wildman–Crippen MR) is 75.9 cm³/mol. The van der Waals surface area contributed by atoms with Gasteiger partial charge >= 0.3 is 6.97 Å². The van der Waals surface area contributed by atoms with Gasteiger partial charge in [-0.3, -0.25) is 0 Å². The molecule has 2 nitrogen and oxygen atoms in total. The molecular weight excluding hydrogens is 257 g/mol. The van der Waals surface area contributed by atoms with Gasteiger partial charge in [0, 0.05) is 23.5 Å². The minimum atomic E-state index is -3.88. The third-order valence-corrected chi connectivity index (χ3v) is 3.77. The first-order valence-electron chi connectivity index (χ1n) is 6.49. The zero-order valence-corrected chi connectivity index (χ0v) is 10.6. The highest BCUT2D eigenvalue weighted by Gasteiger charge is 2.52. The fourth-order valence-electron chi connectivity index (χ4n) is 2.86. The molecule has 0 atom stereocenters. The van der Waals surface area contributed by atoms with Gasteiger partial charge in [-0.05, 0) is 23.8 Å². The number of rotatable bonds is 0. The Bertz CT molecular complexity index is 768. The molecule has 2 aliphatic heterocycles. The van der Waals surface area contributed by atoms with E-state index >= 15 is 0 Å². The molecule has 5 heteroatoms. The van der Waals surface area contributed by atoms with Crippen molar-refractivity contribution >= 4 is 24.8 Å². The van der Waals surface area contributed by atoms with Gasteiger partial charge in [-0.25, -0.2) is 0 Å². The summed E-state index contributed by atoms with van der Waals surface area (Å²) in [6.45, 7) is -3.88. The average Bonchev–Trinajstić information content (AvgIpc) is 2.46. The van der Waals surface area contributed by atoms with Gasteiger partial charge in [0.05, 0.1) is 0 Å². The van der Waals surface area contributed by atoms with Gasteiger partial charge in [0.15, 0.2) is 5.69 Å². The third-order valence-electron chi connectivity index (χ3n) is 3.77. The highest BCUT2D eigenvalue weighted by atomic mass is 19.2. The molecule has 0 fully saturated rings. The number of hydrogen-bond donors (Lipinski definition) is 0. The molecule has 0 N–H and O–H groups in total. The van der Waals surface area contributed by atoms with E-state index in [-0.39, 0.29) is 0 Å². The number of anilines is 1. The lowest BCUT2D eigenvalue weighted by Crippen LogP contribution is -2.72. The molecule has 4 rings (SSSR count). The van der Waals surface area contributed by atoms with Crippen LogP contribution in [0, 0.1) is 0 Å². The van der Waals surface area contributed by atoms with E-state index in [1.54, 1.807) is 42.5 Å². The number of hydrogen-bond acceptors (Lipinski definition) is 1. The van der Waals surface area contributed by atoms with E-state index in [9.17, 15) is 8.63 Å². The zero-order chi connectivity index (χ0) is 13.7. The Hall–Kier alpha value is -2.43. The Morgan fingerprint density at radius 1 is 0.950 bits per heavy atom. The summed E-state index contributed by atoms with van der Waals surface area (Å²) in [5.74, 6) is 0. The van der Waals surface area contributed by atoms with Crippen molar-refractivity contribution in [1.82, 2.24) is 0 Å². The van der Waals surface area contributed by atoms with Crippen LogP contribution in [0.25, 0.3) is 12.2 Å². The molecule has 0 saturated heterocycles. The molecule has 1 aromatic heterocycles. The Morgan fingerprint density at radius 2 is 1.75 bits per heavy atom. The van der Waals surface area contributed by atoms with Crippen molar-refractivity contribution < 1.29 is 13.1 Å². The summed E-state index contributed by atoms with van der Waals surface area (Å²) in [5, 5.41) is 0. The second-order valence-electron chi connectivity index (χ2n) is 4.95. The molecule has 0 spiro atoms. The van der Waals surface area contributed by atoms with Crippen LogP contribution in [-0.4, -0.2) is 6.97 Å². The molecule has 0 saturated carbocycles. The van der Waals surface area contributed by atoms with Gasteiger partial charge in [-0.15, -0.1) is 0 Å². The zero-order valence-electron chi connectivity index (χ0n) is 10.6. The van der Waals surface area contributed by atoms with Crippen molar-refractivity contribution in [2.24, 2.45) is 0 Å². The quantitative estimate of drug-likeness (QED) is 0.666. The molecule has 0 amide bonds. The van der Waals surface area contributed by atoms with E-state index in [4.69, 9.17) is 0 Å². The first-order chi connectivity index (χ1) is 9.68. The Kier molecular flexibility index (Phi) is 2.16. The Labute approximate surface area is 115 Å². The van der Waals surface area contributed by atoms with Crippen molar-refractivity contribution in [2.75, 3.05) is 4.81 Å². The van der Waals surface area contributed by atoms with Crippen molar-refractivity contribution in [1.29, 1.82) is 0 Å². The van der Waals surface area contributed by atoms with Crippen molar-refractivity contribution in [3.8, 4) is 0 Å². The predicted octanol–water partition coefficient (Wildman–Crippen LogP) is 3.08. The second-order valence-corrected chi connectivity index (χ2v) is 4.95. The number of benzene rings is 1. The van der Waals surface area contributed by atoms with Crippen molar-refractivity contribution in [2.45, 2.75) is 0 Å². The third kappa shape index (κ3) is 1.40. The van der Waals surface area contributed by atoms with Crippen LogP contribution in [0.1, 0.15) is 11.3 Å². The summed E-state index contributed by atoms with van der Waals surface area (Å²) in [5.41, 5.74) is 2.41. The van der Waals surface area contributed by atoms with Crippen LogP contribution in [-0.2, 0) is 0 Å². The van der Waals surface area contributed by atoms with Crippen molar-refractivity contribution in [3.63, 3.8) is 0 Å². The van der Waals surface area contributed by atoms with Crippen LogP contribution >= 0.6 is 0 Å².